The van der Waals surface area contributed by atoms with Crippen LogP contribution in [0.4, 0.5) is 18.9 Å². The summed E-state index contributed by atoms with van der Waals surface area (Å²) in [4.78, 5) is 1.78. The summed E-state index contributed by atoms with van der Waals surface area (Å²) in [6.45, 7) is 1.05. The van der Waals surface area contributed by atoms with Gasteiger partial charge in [0.25, 0.3) is 0 Å². The van der Waals surface area contributed by atoms with Crippen molar-refractivity contribution in [2.45, 2.75) is 25.6 Å². The third-order valence-corrected chi connectivity index (χ3v) is 3.86. The van der Waals surface area contributed by atoms with E-state index in [9.17, 15) is 13.2 Å². The predicted octanol–water partition coefficient (Wildman–Crippen LogP) is 3.70. The molecule has 0 amide bonds. The highest BCUT2D eigenvalue weighted by Crippen LogP contribution is 2.34. The molecule has 1 aromatic carbocycles. The number of hydrogen-bond donors (Lipinski definition) is 1. The second-order valence-electron chi connectivity index (χ2n) is 4.92. The fourth-order valence-corrected chi connectivity index (χ4v) is 2.67. The van der Waals surface area contributed by atoms with Crippen molar-refractivity contribution < 1.29 is 13.2 Å². The second-order valence-corrected chi connectivity index (χ2v) is 5.33. The summed E-state index contributed by atoms with van der Waals surface area (Å²) in [6, 6.07) is 5.15. The zero-order valence-electron chi connectivity index (χ0n) is 10.4. The minimum atomic E-state index is -4.12. The van der Waals surface area contributed by atoms with Gasteiger partial charge < -0.3 is 5.73 Å². The third kappa shape index (κ3) is 3.54. The molecular weight excluding hydrogens is 277 g/mol. The second kappa shape index (κ2) is 5.59. The fourth-order valence-electron chi connectivity index (χ4n) is 2.43. The van der Waals surface area contributed by atoms with E-state index in [0.29, 0.717) is 35.8 Å². The Balaban J connectivity index is 2.07. The van der Waals surface area contributed by atoms with Gasteiger partial charge in [-0.25, -0.2) is 0 Å². The number of alkyl halides is 3. The van der Waals surface area contributed by atoms with Crippen LogP contribution in [0.5, 0.6) is 0 Å². The molecule has 1 atom stereocenters. The van der Waals surface area contributed by atoms with E-state index in [-0.39, 0.29) is 13.0 Å². The van der Waals surface area contributed by atoms with E-state index in [2.05, 4.69) is 0 Å². The van der Waals surface area contributed by atoms with Crippen LogP contribution in [-0.4, -0.2) is 24.2 Å². The number of anilines is 1. The van der Waals surface area contributed by atoms with Crippen molar-refractivity contribution in [3.05, 3.63) is 28.8 Å². The molecule has 0 aliphatic carbocycles. The molecule has 2 N–H and O–H groups in total. The number of benzene rings is 1. The molecule has 0 aromatic heterocycles. The van der Waals surface area contributed by atoms with E-state index in [4.69, 9.17) is 17.3 Å². The molecule has 1 aliphatic heterocycles. The molecular formula is C13H16ClF3N2. The summed E-state index contributed by atoms with van der Waals surface area (Å²) >= 11 is 6.05. The smallest absolute Gasteiger partial charge is 0.393 e. The lowest BCUT2D eigenvalue weighted by molar-refractivity contribution is -0.187. The SMILES string of the molecule is Nc1cccc(Cl)c1CN1CCCC(C(F)(F)F)C1. The van der Waals surface area contributed by atoms with Crippen LogP contribution in [0, 0.1) is 5.92 Å². The van der Waals surface area contributed by atoms with Crippen LogP contribution >= 0.6 is 11.6 Å². The molecule has 19 heavy (non-hydrogen) atoms. The van der Waals surface area contributed by atoms with E-state index in [1.165, 1.54) is 0 Å². The minimum Gasteiger partial charge on any atom is -0.398 e. The Labute approximate surface area is 115 Å². The molecule has 2 nitrogen and oxygen atoms in total. The summed E-state index contributed by atoms with van der Waals surface area (Å²) in [5, 5.41) is 0.508. The van der Waals surface area contributed by atoms with Gasteiger partial charge in [0.15, 0.2) is 0 Å². The van der Waals surface area contributed by atoms with Crippen LogP contribution in [0.1, 0.15) is 18.4 Å². The molecule has 1 unspecified atom stereocenters. The lowest BCUT2D eigenvalue weighted by atomic mass is 9.97. The number of hydrogen-bond acceptors (Lipinski definition) is 2. The topological polar surface area (TPSA) is 29.3 Å². The van der Waals surface area contributed by atoms with Gasteiger partial charge in [0.2, 0.25) is 0 Å². The fraction of sp³-hybridized carbons (Fsp3) is 0.538. The Bertz CT molecular complexity index is 428. The van der Waals surface area contributed by atoms with Crippen LogP contribution in [0.25, 0.3) is 0 Å². The van der Waals surface area contributed by atoms with Crippen molar-refractivity contribution in [2.75, 3.05) is 18.8 Å². The van der Waals surface area contributed by atoms with Gasteiger partial charge >= 0.3 is 6.18 Å². The van der Waals surface area contributed by atoms with Crippen molar-refractivity contribution in [1.29, 1.82) is 0 Å². The van der Waals surface area contributed by atoms with Crippen molar-refractivity contribution in [3.8, 4) is 0 Å². The summed E-state index contributed by atoms with van der Waals surface area (Å²) < 4.78 is 38.2. The molecule has 1 aromatic rings. The van der Waals surface area contributed by atoms with Crippen molar-refractivity contribution in [2.24, 2.45) is 5.92 Å². The van der Waals surface area contributed by atoms with Gasteiger partial charge in [-0.15, -0.1) is 0 Å². The van der Waals surface area contributed by atoms with E-state index < -0.39 is 12.1 Å². The standard InChI is InChI=1S/C13H16ClF3N2/c14-11-4-1-5-12(18)10(11)8-19-6-2-3-9(7-19)13(15,16)17/h1,4-5,9H,2-3,6-8,18H2. The molecule has 1 heterocycles. The number of rotatable bonds is 2. The molecule has 0 saturated carbocycles. The van der Waals surface area contributed by atoms with E-state index in [0.717, 1.165) is 0 Å². The number of piperidine rings is 1. The highest BCUT2D eigenvalue weighted by molar-refractivity contribution is 6.31. The van der Waals surface area contributed by atoms with E-state index >= 15 is 0 Å². The Kier molecular flexibility index (Phi) is 4.26. The summed E-state index contributed by atoms with van der Waals surface area (Å²) in [6.07, 6.45) is -3.36. The molecule has 106 valence electrons. The molecule has 1 aliphatic rings. The maximum absolute atomic E-state index is 12.7. The van der Waals surface area contributed by atoms with Crippen LogP contribution in [0.15, 0.2) is 18.2 Å². The lowest BCUT2D eigenvalue weighted by Gasteiger charge is -2.34. The van der Waals surface area contributed by atoms with E-state index in [1.807, 2.05) is 0 Å². The molecule has 1 fully saturated rings. The maximum Gasteiger partial charge on any atom is 0.393 e. The summed E-state index contributed by atoms with van der Waals surface area (Å²) in [5.41, 5.74) is 7.07. The normalized spacial score (nSPS) is 21.6. The quantitative estimate of drug-likeness (QED) is 0.842. The number of halogens is 4. The molecule has 1 saturated heterocycles. The summed E-state index contributed by atoms with van der Waals surface area (Å²) in [7, 11) is 0. The Morgan fingerprint density at radius 3 is 2.74 bits per heavy atom. The molecule has 6 heteroatoms. The Morgan fingerprint density at radius 1 is 1.37 bits per heavy atom. The molecule has 0 bridgehead atoms. The molecule has 0 radical (unpaired) electrons. The van der Waals surface area contributed by atoms with Crippen molar-refractivity contribution in [1.82, 2.24) is 4.90 Å². The number of likely N-dealkylation sites (tertiary alicyclic amines) is 1. The average molecular weight is 293 g/mol. The van der Waals surface area contributed by atoms with Gasteiger partial charge in [-0.05, 0) is 31.5 Å². The van der Waals surface area contributed by atoms with Crippen LogP contribution < -0.4 is 5.73 Å². The number of nitrogens with two attached hydrogens (primary N) is 1. The first-order valence-corrected chi connectivity index (χ1v) is 6.57. The van der Waals surface area contributed by atoms with Gasteiger partial charge in [0.1, 0.15) is 0 Å². The highest BCUT2D eigenvalue weighted by atomic mass is 35.5. The highest BCUT2D eigenvalue weighted by Gasteiger charge is 2.41. The van der Waals surface area contributed by atoms with Gasteiger partial charge in [0, 0.05) is 29.4 Å². The lowest BCUT2D eigenvalue weighted by Crippen LogP contribution is -2.41. The van der Waals surface area contributed by atoms with Crippen molar-refractivity contribution in [3.63, 3.8) is 0 Å². The number of nitrogen functional groups attached to an aromatic ring is 1. The Hall–Kier alpha value is -0.940. The van der Waals surface area contributed by atoms with Gasteiger partial charge in [-0.2, -0.15) is 13.2 Å². The Morgan fingerprint density at radius 2 is 2.11 bits per heavy atom. The van der Waals surface area contributed by atoms with Gasteiger partial charge in [-0.3, -0.25) is 4.90 Å². The van der Waals surface area contributed by atoms with Crippen LogP contribution in [0.3, 0.4) is 0 Å². The van der Waals surface area contributed by atoms with E-state index in [1.54, 1.807) is 23.1 Å². The monoisotopic (exact) mass is 292 g/mol. The first-order valence-electron chi connectivity index (χ1n) is 6.20. The largest absolute Gasteiger partial charge is 0.398 e. The first-order chi connectivity index (χ1) is 8.88. The van der Waals surface area contributed by atoms with Crippen LogP contribution in [-0.2, 0) is 6.54 Å². The molecule has 2 rings (SSSR count). The van der Waals surface area contributed by atoms with Crippen LogP contribution in [0.2, 0.25) is 5.02 Å². The predicted molar refractivity (Wildman–Crippen MR) is 69.9 cm³/mol. The maximum atomic E-state index is 12.7. The van der Waals surface area contributed by atoms with Gasteiger partial charge in [0.05, 0.1) is 5.92 Å². The first kappa shape index (κ1) is 14.5. The van der Waals surface area contributed by atoms with Gasteiger partial charge in [-0.1, -0.05) is 17.7 Å². The minimum absolute atomic E-state index is 0.0220. The zero-order valence-corrected chi connectivity index (χ0v) is 11.1. The third-order valence-electron chi connectivity index (χ3n) is 3.51. The summed E-state index contributed by atoms with van der Waals surface area (Å²) in [5.74, 6) is -1.25. The number of nitrogens with zero attached hydrogens (tertiary/aromatic N) is 1. The average Bonchev–Trinajstić information content (AvgIpc) is 2.33. The zero-order chi connectivity index (χ0) is 14.0. The van der Waals surface area contributed by atoms with Crippen molar-refractivity contribution >= 4 is 17.3 Å². The molecule has 0 spiro atoms.